The second-order valence-corrected chi connectivity index (χ2v) is 3.63. The smallest absolute Gasteiger partial charge is 0.0218 e. The molecule has 2 heteroatoms. The zero-order valence-corrected chi connectivity index (χ0v) is 8.12. The monoisotopic (exact) mass is 166 g/mol. The highest BCUT2D eigenvalue weighted by Crippen LogP contribution is 2.22. The molecule has 2 nitrogen and oxygen atoms in total. The first kappa shape index (κ1) is 9.33. The van der Waals surface area contributed by atoms with Crippen molar-refractivity contribution in [1.82, 2.24) is 4.57 Å². The molecule has 0 saturated heterocycles. The van der Waals surface area contributed by atoms with Gasteiger partial charge in [-0.05, 0) is 18.1 Å². The van der Waals surface area contributed by atoms with Crippen molar-refractivity contribution in [3.8, 4) is 0 Å². The Kier molecular flexibility index (Phi) is 2.93. The minimum atomic E-state index is 0.491. The first-order valence-corrected chi connectivity index (χ1v) is 4.48. The minimum Gasteiger partial charge on any atom is -0.354 e. The Bertz CT molecular complexity index is 238. The first-order chi connectivity index (χ1) is 5.66. The molecule has 1 aromatic rings. The SMILES string of the molecule is CC(C)C(CN)c1cccn1C. The van der Waals surface area contributed by atoms with Gasteiger partial charge in [-0.1, -0.05) is 13.8 Å². The van der Waals surface area contributed by atoms with Crippen molar-refractivity contribution in [2.45, 2.75) is 19.8 Å². The van der Waals surface area contributed by atoms with Crippen molar-refractivity contribution >= 4 is 0 Å². The second-order valence-electron chi connectivity index (χ2n) is 3.63. The molecule has 0 aromatic carbocycles. The standard InChI is InChI=1S/C10H18N2/c1-8(2)9(7-11)10-5-4-6-12(10)3/h4-6,8-9H,7,11H2,1-3H3. The van der Waals surface area contributed by atoms with Crippen LogP contribution >= 0.6 is 0 Å². The molecule has 0 aliphatic heterocycles. The molecule has 1 unspecified atom stereocenters. The van der Waals surface area contributed by atoms with Crippen molar-refractivity contribution in [2.75, 3.05) is 6.54 Å². The summed E-state index contributed by atoms with van der Waals surface area (Å²) in [4.78, 5) is 0. The van der Waals surface area contributed by atoms with E-state index in [1.807, 2.05) is 0 Å². The highest BCUT2D eigenvalue weighted by molar-refractivity contribution is 5.13. The van der Waals surface area contributed by atoms with Gasteiger partial charge in [0.05, 0.1) is 0 Å². The number of nitrogens with two attached hydrogens (primary N) is 1. The molecular formula is C10H18N2. The third kappa shape index (κ3) is 1.69. The van der Waals surface area contributed by atoms with Crippen LogP contribution in [0, 0.1) is 5.92 Å². The second kappa shape index (κ2) is 3.76. The summed E-state index contributed by atoms with van der Waals surface area (Å²) in [6.07, 6.45) is 2.07. The molecule has 0 fully saturated rings. The Morgan fingerprint density at radius 3 is 2.50 bits per heavy atom. The maximum atomic E-state index is 5.72. The van der Waals surface area contributed by atoms with Crippen molar-refractivity contribution < 1.29 is 0 Å². The van der Waals surface area contributed by atoms with Gasteiger partial charge in [-0.25, -0.2) is 0 Å². The molecule has 0 aliphatic carbocycles. The number of hydrogen-bond donors (Lipinski definition) is 1. The van der Waals surface area contributed by atoms with Gasteiger partial charge >= 0.3 is 0 Å². The lowest BCUT2D eigenvalue weighted by molar-refractivity contribution is 0.483. The van der Waals surface area contributed by atoms with Crippen LogP contribution in [-0.2, 0) is 7.05 Å². The van der Waals surface area contributed by atoms with Gasteiger partial charge < -0.3 is 10.3 Å². The van der Waals surface area contributed by atoms with Crippen molar-refractivity contribution in [2.24, 2.45) is 18.7 Å². The highest BCUT2D eigenvalue weighted by Gasteiger charge is 2.15. The van der Waals surface area contributed by atoms with Crippen molar-refractivity contribution in [3.05, 3.63) is 24.0 Å². The summed E-state index contributed by atoms with van der Waals surface area (Å²) in [7, 11) is 2.07. The quantitative estimate of drug-likeness (QED) is 0.728. The Balaban J connectivity index is 2.87. The van der Waals surface area contributed by atoms with Gasteiger partial charge in [-0.3, -0.25) is 0 Å². The predicted molar refractivity (Wildman–Crippen MR) is 52.0 cm³/mol. The molecule has 1 rings (SSSR count). The predicted octanol–water partition coefficient (Wildman–Crippen LogP) is 1.72. The lowest BCUT2D eigenvalue weighted by Crippen LogP contribution is -2.19. The Morgan fingerprint density at radius 1 is 1.50 bits per heavy atom. The van der Waals surface area contributed by atoms with Crippen LogP contribution in [0.25, 0.3) is 0 Å². The molecule has 2 N–H and O–H groups in total. The van der Waals surface area contributed by atoms with Gasteiger partial charge in [0.1, 0.15) is 0 Å². The Hall–Kier alpha value is -0.760. The molecule has 0 spiro atoms. The minimum absolute atomic E-state index is 0.491. The molecule has 1 heterocycles. The Labute approximate surface area is 74.4 Å². The molecule has 0 radical (unpaired) electrons. The largest absolute Gasteiger partial charge is 0.354 e. The van der Waals surface area contributed by atoms with Crippen LogP contribution in [0.15, 0.2) is 18.3 Å². The van der Waals surface area contributed by atoms with Crippen LogP contribution in [0.1, 0.15) is 25.5 Å². The fourth-order valence-corrected chi connectivity index (χ4v) is 1.59. The summed E-state index contributed by atoms with van der Waals surface area (Å²) in [6, 6.07) is 4.22. The van der Waals surface area contributed by atoms with Gasteiger partial charge in [0.2, 0.25) is 0 Å². The number of rotatable bonds is 3. The first-order valence-electron chi connectivity index (χ1n) is 4.48. The van der Waals surface area contributed by atoms with E-state index in [1.165, 1.54) is 5.69 Å². The number of aromatic nitrogens is 1. The lowest BCUT2D eigenvalue weighted by Gasteiger charge is -2.19. The summed E-state index contributed by atoms with van der Waals surface area (Å²) in [6.45, 7) is 5.16. The third-order valence-corrected chi connectivity index (χ3v) is 2.42. The van der Waals surface area contributed by atoms with E-state index < -0.39 is 0 Å². The maximum Gasteiger partial charge on any atom is 0.0218 e. The van der Waals surface area contributed by atoms with E-state index in [1.54, 1.807) is 0 Å². The van der Waals surface area contributed by atoms with Gasteiger partial charge in [0.15, 0.2) is 0 Å². The van der Waals surface area contributed by atoms with E-state index in [0.717, 1.165) is 6.54 Å². The zero-order chi connectivity index (χ0) is 9.14. The van der Waals surface area contributed by atoms with Gasteiger partial charge in [-0.2, -0.15) is 0 Å². The highest BCUT2D eigenvalue weighted by atomic mass is 14.9. The maximum absolute atomic E-state index is 5.72. The number of hydrogen-bond acceptors (Lipinski definition) is 1. The summed E-state index contributed by atoms with van der Waals surface area (Å²) < 4.78 is 2.15. The van der Waals surface area contributed by atoms with E-state index in [4.69, 9.17) is 5.73 Å². The molecule has 12 heavy (non-hydrogen) atoms. The molecule has 0 aliphatic rings. The van der Waals surface area contributed by atoms with E-state index >= 15 is 0 Å². The summed E-state index contributed by atoms with van der Waals surface area (Å²) in [5.41, 5.74) is 7.06. The van der Waals surface area contributed by atoms with E-state index in [9.17, 15) is 0 Å². The van der Waals surface area contributed by atoms with Crippen LogP contribution in [0.3, 0.4) is 0 Å². The third-order valence-electron chi connectivity index (χ3n) is 2.42. The van der Waals surface area contributed by atoms with Crippen LogP contribution < -0.4 is 5.73 Å². The van der Waals surface area contributed by atoms with Crippen molar-refractivity contribution in [1.29, 1.82) is 0 Å². The number of aryl methyl sites for hydroxylation is 1. The fraction of sp³-hybridized carbons (Fsp3) is 0.600. The summed E-state index contributed by atoms with van der Waals surface area (Å²) in [5.74, 6) is 1.11. The average Bonchev–Trinajstić information content (AvgIpc) is 2.38. The van der Waals surface area contributed by atoms with E-state index in [0.29, 0.717) is 11.8 Å². The normalized spacial score (nSPS) is 13.8. The molecule has 1 aromatic heterocycles. The van der Waals surface area contributed by atoms with Crippen molar-refractivity contribution in [3.63, 3.8) is 0 Å². The molecule has 0 amide bonds. The van der Waals surface area contributed by atoms with Crippen LogP contribution in [0.2, 0.25) is 0 Å². The van der Waals surface area contributed by atoms with Gasteiger partial charge in [0, 0.05) is 31.4 Å². The van der Waals surface area contributed by atoms with E-state index in [2.05, 4.69) is 43.8 Å². The van der Waals surface area contributed by atoms with Crippen LogP contribution in [0.5, 0.6) is 0 Å². The van der Waals surface area contributed by atoms with E-state index in [-0.39, 0.29) is 0 Å². The summed E-state index contributed by atoms with van der Waals surface area (Å²) in [5, 5.41) is 0. The fourth-order valence-electron chi connectivity index (χ4n) is 1.59. The van der Waals surface area contributed by atoms with Gasteiger partial charge in [-0.15, -0.1) is 0 Å². The topological polar surface area (TPSA) is 30.9 Å². The lowest BCUT2D eigenvalue weighted by atomic mass is 9.93. The molecule has 68 valence electrons. The van der Waals surface area contributed by atoms with Crippen LogP contribution in [0.4, 0.5) is 0 Å². The Morgan fingerprint density at radius 2 is 2.17 bits per heavy atom. The molecular weight excluding hydrogens is 148 g/mol. The summed E-state index contributed by atoms with van der Waals surface area (Å²) >= 11 is 0. The average molecular weight is 166 g/mol. The van der Waals surface area contributed by atoms with Crippen LogP contribution in [-0.4, -0.2) is 11.1 Å². The zero-order valence-electron chi connectivity index (χ0n) is 8.12. The molecule has 1 atom stereocenters. The molecule has 0 saturated carbocycles. The number of nitrogens with zero attached hydrogens (tertiary/aromatic N) is 1. The van der Waals surface area contributed by atoms with Gasteiger partial charge in [0.25, 0.3) is 0 Å². The molecule has 0 bridgehead atoms.